The highest BCUT2D eigenvalue weighted by molar-refractivity contribution is 6.03. The number of carbonyl (C=O) groups excluding carboxylic acids is 2. The van der Waals surface area contributed by atoms with E-state index < -0.39 is 0 Å². The Balaban J connectivity index is 1.37. The molecule has 0 spiro atoms. The molecule has 5 nitrogen and oxygen atoms in total. The molecule has 1 N–H and O–H groups in total. The fourth-order valence-corrected chi connectivity index (χ4v) is 3.69. The molecule has 158 valence electrons. The van der Waals surface area contributed by atoms with Crippen LogP contribution in [0.3, 0.4) is 0 Å². The number of amides is 2. The van der Waals surface area contributed by atoms with Crippen LogP contribution < -0.4 is 15.0 Å². The van der Waals surface area contributed by atoms with Gasteiger partial charge in [-0.3, -0.25) is 9.59 Å². The van der Waals surface area contributed by atoms with E-state index in [1.807, 2.05) is 73.7 Å². The zero-order valence-corrected chi connectivity index (χ0v) is 18.0. The first-order valence-corrected chi connectivity index (χ1v) is 10.4. The van der Waals surface area contributed by atoms with Crippen LogP contribution in [0.1, 0.15) is 23.1 Å². The van der Waals surface area contributed by atoms with Crippen molar-refractivity contribution in [1.29, 1.82) is 0 Å². The number of ether oxygens (including phenoxy) is 1. The number of hydrogen-bond acceptors (Lipinski definition) is 3. The lowest BCUT2D eigenvalue weighted by Gasteiger charge is -2.17. The van der Waals surface area contributed by atoms with Gasteiger partial charge in [0.25, 0.3) is 0 Å². The second kappa shape index (κ2) is 8.64. The minimum Gasteiger partial charge on any atom is -0.457 e. The topological polar surface area (TPSA) is 58.6 Å². The van der Waals surface area contributed by atoms with E-state index in [2.05, 4.69) is 19.2 Å². The summed E-state index contributed by atoms with van der Waals surface area (Å²) in [6.45, 7) is 6.49. The molecule has 1 fully saturated rings. The summed E-state index contributed by atoms with van der Waals surface area (Å²) in [5.74, 6) is 0.928. The van der Waals surface area contributed by atoms with Crippen molar-refractivity contribution in [2.75, 3.05) is 16.8 Å². The molecule has 31 heavy (non-hydrogen) atoms. The van der Waals surface area contributed by atoms with Gasteiger partial charge in [0.15, 0.2) is 0 Å². The van der Waals surface area contributed by atoms with Crippen molar-refractivity contribution < 1.29 is 14.3 Å². The highest BCUT2D eigenvalue weighted by Gasteiger charge is 2.35. The van der Waals surface area contributed by atoms with Crippen molar-refractivity contribution in [3.05, 3.63) is 83.4 Å². The Morgan fingerprint density at radius 1 is 0.935 bits per heavy atom. The van der Waals surface area contributed by atoms with Gasteiger partial charge in [-0.2, -0.15) is 0 Å². The van der Waals surface area contributed by atoms with Crippen LogP contribution in [0, 0.1) is 26.7 Å². The minimum absolute atomic E-state index is 0.0251. The maximum atomic E-state index is 12.7. The first-order valence-electron chi connectivity index (χ1n) is 10.4. The van der Waals surface area contributed by atoms with E-state index in [4.69, 9.17) is 4.74 Å². The molecule has 1 saturated heterocycles. The van der Waals surface area contributed by atoms with Gasteiger partial charge in [-0.25, -0.2) is 0 Å². The Morgan fingerprint density at radius 3 is 2.39 bits per heavy atom. The molecule has 0 radical (unpaired) electrons. The normalized spacial score (nSPS) is 15.8. The van der Waals surface area contributed by atoms with Crippen LogP contribution in [0.25, 0.3) is 0 Å². The van der Waals surface area contributed by atoms with Crippen molar-refractivity contribution in [2.24, 2.45) is 5.92 Å². The number of benzene rings is 3. The second-order valence-corrected chi connectivity index (χ2v) is 8.11. The summed E-state index contributed by atoms with van der Waals surface area (Å²) in [5.41, 5.74) is 5.00. The number of nitrogens with zero attached hydrogens (tertiary/aromatic N) is 1. The van der Waals surface area contributed by atoms with Crippen molar-refractivity contribution in [3.63, 3.8) is 0 Å². The van der Waals surface area contributed by atoms with Gasteiger partial charge < -0.3 is 15.0 Å². The van der Waals surface area contributed by atoms with Gasteiger partial charge in [0.2, 0.25) is 11.8 Å². The van der Waals surface area contributed by atoms with E-state index in [0.717, 1.165) is 17.0 Å². The molecule has 3 aromatic rings. The van der Waals surface area contributed by atoms with Crippen LogP contribution in [0.15, 0.2) is 66.7 Å². The van der Waals surface area contributed by atoms with Gasteiger partial charge in [-0.05, 0) is 86.0 Å². The highest BCUT2D eigenvalue weighted by atomic mass is 16.5. The lowest BCUT2D eigenvalue weighted by atomic mass is 10.1. The van der Waals surface area contributed by atoms with Crippen molar-refractivity contribution >= 4 is 23.2 Å². The third-order valence-electron chi connectivity index (χ3n) is 5.65. The summed E-state index contributed by atoms with van der Waals surface area (Å²) in [6.07, 6.45) is 0.216. The molecule has 1 aliphatic heterocycles. The molecule has 1 atom stereocenters. The Hall–Kier alpha value is -3.60. The molecule has 2 amide bonds. The van der Waals surface area contributed by atoms with E-state index >= 15 is 0 Å². The molecular weight excluding hydrogens is 388 g/mol. The maximum absolute atomic E-state index is 12.7. The first-order chi connectivity index (χ1) is 14.9. The fourth-order valence-electron chi connectivity index (χ4n) is 3.69. The molecule has 1 heterocycles. The molecule has 4 rings (SSSR count). The zero-order chi connectivity index (χ0) is 22.0. The van der Waals surface area contributed by atoms with Crippen molar-refractivity contribution in [3.8, 4) is 11.5 Å². The number of carbonyl (C=O) groups is 2. The van der Waals surface area contributed by atoms with Crippen LogP contribution in [0.4, 0.5) is 11.4 Å². The molecule has 0 aromatic heterocycles. The van der Waals surface area contributed by atoms with Crippen LogP contribution in [0.2, 0.25) is 0 Å². The van der Waals surface area contributed by atoms with Gasteiger partial charge in [0.1, 0.15) is 11.5 Å². The summed E-state index contributed by atoms with van der Waals surface area (Å²) >= 11 is 0. The summed E-state index contributed by atoms with van der Waals surface area (Å²) in [4.78, 5) is 26.9. The van der Waals surface area contributed by atoms with Gasteiger partial charge >= 0.3 is 0 Å². The number of aryl methyl sites for hydroxylation is 3. The summed E-state index contributed by atoms with van der Waals surface area (Å²) in [7, 11) is 0. The number of nitrogens with one attached hydrogen (secondary N) is 1. The largest absolute Gasteiger partial charge is 0.457 e. The van der Waals surface area contributed by atoms with E-state index in [9.17, 15) is 9.59 Å². The third-order valence-corrected chi connectivity index (χ3v) is 5.65. The Kier molecular flexibility index (Phi) is 5.76. The summed E-state index contributed by atoms with van der Waals surface area (Å²) < 4.78 is 5.90. The average molecular weight is 415 g/mol. The summed E-state index contributed by atoms with van der Waals surface area (Å²) in [5, 5.41) is 2.92. The highest BCUT2D eigenvalue weighted by Crippen LogP contribution is 2.28. The lowest BCUT2D eigenvalue weighted by molar-refractivity contribution is -0.122. The molecule has 0 saturated carbocycles. The monoisotopic (exact) mass is 414 g/mol. The number of rotatable bonds is 5. The smallest absolute Gasteiger partial charge is 0.229 e. The van der Waals surface area contributed by atoms with Crippen LogP contribution in [0.5, 0.6) is 11.5 Å². The first kappa shape index (κ1) is 20.7. The van der Waals surface area contributed by atoms with Gasteiger partial charge in [0, 0.05) is 24.3 Å². The number of hydrogen-bond donors (Lipinski definition) is 1. The Morgan fingerprint density at radius 2 is 1.68 bits per heavy atom. The van der Waals surface area contributed by atoms with Crippen molar-refractivity contribution in [1.82, 2.24) is 0 Å². The molecule has 3 aromatic carbocycles. The van der Waals surface area contributed by atoms with E-state index in [0.29, 0.717) is 18.0 Å². The second-order valence-electron chi connectivity index (χ2n) is 8.11. The minimum atomic E-state index is -0.375. The van der Waals surface area contributed by atoms with Crippen LogP contribution in [-0.2, 0) is 9.59 Å². The van der Waals surface area contributed by atoms with Gasteiger partial charge in [-0.15, -0.1) is 0 Å². The van der Waals surface area contributed by atoms with E-state index in [1.54, 1.807) is 4.90 Å². The Labute approximate surface area is 182 Å². The summed E-state index contributed by atoms with van der Waals surface area (Å²) in [6, 6.07) is 21.0. The maximum Gasteiger partial charge on any atom is 0.229 e. The zero-order valence-electron chi connectivity index (χ0n) is 18.0. The molecule has 5 heteroatoms. The Bertz CT molecular complexity index is 1120. The van der Waals surface area contributed by atoms with Gasteiger partial charge in [0.05, 0.1) is 5.92 Å². The molecule has 0 bridgehead atoms. The fraction of sp³-hybridized carbons (Fsp3) is 0.231. The third kappa shape index (κ3) is 4.77. The average Bonchev–Trinajstić information content (AvgIpc) is 3.14. The SMILES string of the molecule is Cc1cccc(N2C[C@H](C(=O)Nc3ccc(Oc4ccc(C)c(C)c4)cc3)CC2=O)c1. The molecule has 1 aliphatic rings. The number of anilines is 2. The van der Waals surface area contributed by atoms with Gasteiger partial charge in [-0.1, -0.05) is 18.2 Å². The van der Waals surface area contributed by atoms with E-state index in [1.165, 1.54) is 11.1 Å². The predicted molar refractivity (Wildman–Crippen MR) is 123 cm³/mol. The molecule has 0 aliphatic carbocycles. The van der Waals surface area contributed by atoms with Crippen LogP contribution >= 0.6 is 0 Å². The predicted octanol–water partition coefficient (Wildman–Crippen LogP) is 5.40. The quantitative estimate of drug-likeness (QED) is 0.608. The van der Waals surface area contributed by atoms with E-state index in [-0.39, 0.29) is 24.2 Å². The standard InChI is InChI=1S/C26H26N2O3/c1-17-5-4-6-22(13-17)28-16-20(15-25(28)29)26(30)27-21-8-11-23(12-9-21)31-24-10-7-18(2)19(3)14-24/h4-14,20H,15-16H2,1-3H3,(H,27,30)/t20-/m1/s1. The lowest BCUT2D eigenvalue weighted by Crippen LogP contribution is -2.28. The molecular formula is C26H26N2O3. The van der Waals surface area contributed by atoms with Crippen LogP contribution in [-0.4, -0.2) is 18.4 Å². The molecule has 0 unspecified atom stereocenters. The van der Waals surface area contributed by atoms with Crippen molar-refractivity contribution in [2.45, 2.75) is 27.2 Å².